The zero-order chi connectivity index (χ0) is 16.7. The molecule has 2 aliphatic rings. The van der Waals surface area contributed by atoms with Crippen molar-refractivity contribution in [3.8, 4) is 0 Å². The van der Waals surface area contributed by atoms with Crippen molar-refractivity contribution in [3.63, 3.8) is 0 Å². The Morgan fingerprint density at radius 1 is 1.29 bits per heavy atom. The number of nitrogens with zero attached hydrogens (tertiary/aromatic N) is 1. The molecule has 2 bridgehead atoms. The van der Waals surface area contributed by atoms with Gasteiger partial charge in [0.25, 0.3) is 5.91 Å². The first-order chi connectivity index (χ1) is 11.6. The van der Waals surface area contributed by atoms with E-state index in [1.54, 1.807) is 0 Å². The number of aryl methyl sites for hydroxylation is 1. The van der Waals surface area contributed by atoms with E-state index < -0.39 is 0 Å². The van der Waals surface area contributed by atoms with Gasteiger partial charge in [-0.3, -0.25) is 4.79 Å². The number of hydrogen-bond donors (Lipinski definition) is 1. The van der Waals surface area contributed by atoms with Gasteiger partial charge in [-0.25, -0.2) is 0 Å². The van der Waals surface area contributed by atoms with Gasteiger partial charge in [-0.05, 0) is 55.2 Å². The van der Waals surface area contributed by atoms with Crippen LogP contribution in [0, 0.1) is 12.3 Å². The molecule has 0 unspecified atom stereocenters. The summed E-state index contributed by atoms with van der Waals surface area (Å²) in [6, 6.07) is 12.8. The molecule has 2 aliphatic heterocycles. The van der Waals surface area contributed by atoms with Crippen LogP contribution in [0.2, 0.25) is 0 Å². The van der Waals surface area contributed by atoms with Crippen molar-refractivity contribution < 1.29 is 9.90 Å². The minimum absolute atomic E-state index is 0.149. The largest absolute Gasteiger partial charge is 0.396 e. The molecular weight excluding hydrogens is 318 g/mol. The molecule has 2 fully saturated rings. The standard InChI is InChI=1S/C20H23NO2S/c1-14-9-10-24-18(14)19(23)21-16-7-8-17(21)20(12-16,13-22)11-15-5-3-2-4-6-15/h2-6,9-10,16-17,22H,7-8,11-13H2,1H3/t16-,17+,20-/m0/s1. The molecule has 3 heterocycles. The molecule has 0 saturated carbocycles. The number of amides is 1. The molecule has 0 aliphatic carbocycles. The van der Waals surface area contributed by atoms with Crippen LogP contribution in [-0.4, -0.2) is 34.6 Å². The van der Waals surface area contributed by atoms with Gasteiger partial charge in [0.15, 0.2) is 0 Å². The average Bonchev–Trinajstić information content (AvgIpc) is 3.28. The summed E-state index contributed by atoms with van der Waals surface area (Å²) >= 11 is 1.53. The van der Waals surface area contributed by atoms with Crippen molar-refractivity contribution in [2.24, 2.45) is 5.41 Å². The highest BCUT2D eigenvalue weighted by Crippen LogP contribution is 2.52. The fourth-order valence-electron chi connectivity index (χ4n) is 4.72. The Hall–Kier alpha value is -1.65. The van der Waals surface area contributed by atoms with Crippen molar-refractivity contribution in [1.82, 2.24) is 4.90 Å². The minimum atomic E-state index is -0.189. The number of rotatable bonds is 4. The quantitative estimate of drug-likeness (QED) is 0.922. The Morgan fingerprint density at radius 2 is 2.08 bits per heavy atom. The third-order valence-corrected chi connectivity index (χ3v) is 6.86. The molecule has 24 heavy (non-hydrogen) atoms. The highest BCUT2D eigenvalue weighted by molar-refractivity contribution is 7.12. The first-order valence-electron chi connectivity index (χ1n) is 8.66. The van der Waals surface area contributed by atoms with Crippen LogP contribution in [0.4, 0.5) is 0 Å². The van der Waals surface area contributed by atoms with E-state index in [9.17, 15) is 9.90 Å². The lowest BCUT2D eigenvalue weighted by Crippen LogP contribution is -2.43. The number of fused-ring (bicyclic) bond motifs is 2. The van der Waals surface area contributed by atoms with Crippen molar-refractivity contribution in [3.05, 3.63) is 57.8 Å². The predicted molar refractivity (Wildman–Crippen MR) is 96.3 cm³/mol. The Balaban J connectivity index is 1.63. The van der Waals surface area contributed by atoms with Gasteiger partial charge in [-0.15, -0.1) is 11.3 Å². The summed E-state index contributed by atoms with van der Waals surface area (Å²) in [5, 5.41) is 12.2. The zero-order valence-electron chi connectivity index (χ0n) is 13.9. The maximum atomic E-state index is 13.1. The van der Waals surface area contributed by atoms with Crippen molar-refractivity contribution >= 4 is 17.2 Å². The van der Waals surface area contributed by atoms with Crippen LogP contribution in [0.5, 0.6) is 0 Å². The SMILES string of the molecule is Cc1ccsc1C(=O)N1[C@H]2CC[C@@H]1[C@@](CO)(Cc1ccccc1)C2. The lowest BCUT2D eigenvalue weighted by Gasteiger charge is -2.36. The molecule has 4 heteroatoms. The normalized spacial score (nSPS) is 28.5. The molecule has 4 rings (SSSR count). The molecule has 1 aromatic heterocycles. The summed E-state index contributed by atoms with van der Waals surface area (Å²) in [5.41, 5.74) is 2.12. The second kappa shape index (κ2) is 6.01. The third kappa shape index (κ3) is 2.40. The average molecular weight is 341 g/mol. The van der Waals surface area contributed by atoms with Crippen molar-refractivity contribution in [2.75, 3.05) is 6.61 Å². The number of thiophene rings is 1. The monoisotopic (exact) mass is 341 g/mol. The van der Waals surface area contributed by atoms with E-state index in [2.05, 4.69) is 17.0 Å². The summed E-state index contributed by atoms with van der Waals surface area (Å²) < 4.78 is 0. The number of carbonyl (C=O) groups excluding carboxylic acids is 1. The number of aliphatic hydroxyl groups excluding tert-OH is 1. The van der Waals surface area contributed by atoms with Crippen LogP contribution < -0.4 is 0 Å². The first-order valence-corrected chi connectivity index (χ1v) is 9.54. The van der Waals surface area contributed by atoms with Gasteiger partial charge in [0.2, 0.25) is 0 Å². The zero-order valence-corrected chi connectivity index (χ0v) is 14.8. The number of benzene rings is 1. The van der Waals surface area contributed by atoms with Crippen LogP contribution in [0.3, 0.4) is 0 Å². The van der Waals surface area contributed by atoms with Crippen LogP contribution in [-0.2, 0) is 6.42 Å². The number of aliphatic hydroxyl groups is 1. The van der Waals surface area contributed by atoms with Gasteiger partial charge in [-0.1, -0.05) is 30.3 Å². The molecule has 0 radical (unpaired) electrons. The molecule has 0 spiro atoms. The van der Waals surface area contributed by atoms with E-state index in [0.29, 0.717) is 0 Å². The minimum Gasteiger partial charge on any atom is -0.396 e. The van der Waals surface area contributed by atoms with E-state index in [1.807, 2.05) is 36.6 Å². The van der Waals surface area contributed by atoms with Gasteiger partial charge in [0, 0.05) is 17.5 Å². The van der Waals surface area contributed by atoms with Crippen LogP contribution in [0.15, 0.2) is 41.8 Å². The molecule has 3 nitrogen and oxygen atoms in total. The van der Waals surface area contributed by atoms with Gasteiger partial charge < -0.3 is 10.0 Å². The van der Waals surface area contributed by atoms with Crippen LogP contribution in [0.1, 0.15) is 40.1 Å². The Morgan fingerprint density at radius 3 is 2.75 bits per heavy atom. The Bertz CT molecular complexity index is 741. The summed E-state index contributed by atoms with van der Waals surface area (Å²) in [5.74, 6) is 0.165. The second-order valence-corrected chi connectivity index (χ2v) is 8.20. The molecule has 2 saturated heterocycles. The molecule has 1 amide bonds. The molecule has 1 N–H and O–H groups in total. The third-order valence-electron chi connectivity index (χ3n) is 5.86. The van der Waals surface area contributed by atoms with Crippen molar-refractivity contribution in [2.45, 2.75) is 44.7 Å². The van der Waals surface area contributed by atoms with Crippen molar-refractivity contribution in [1.29, 1.82) is 0 Å². The fraction of sp³-hybridized carbons (Fsp3) is 0.450. The van der Waals surface area contributed by atoms with E-state index in [0.717, 1.165) is 36.1 Å². The van der Waals surface area contributed by atoms with Crippen LogP contribution >= 0.6 is 11.3 Å². The topological polar surface area (TPSA) is 40.5 Å². The van der Waals surface area contributed by atoms with Gasteiger partial charge in [0.05, 0.1) is 11.5 Å². The lowest BCUT2D eigenvalue weighted by molar-refractivity contribution is 0.0574. The second-order valence-electron chi connectivity index (χ2n) is 7.28. The smallest absolute Gasteiger partial charge is 0.264 e. The lowest BCUT2D eigenvalue weighted by atomic mass is 9.70. The van der Waals surface area contributed by atoms with Gasteiger partial charge >= 0.3 is 0 Å². The predicted octanol–water partition coefficient (Wildman–Crippen LogP) is 3.65. The molecule has 2 aromatic rings. The molecule has 1 aromatic carbocycles. The number of carbonyl (C=O) groups is 1. The maximum absolute atomic E-state index is 13.1. The maximum Gasteiger partial charge on any atom is 0.264 e. The fourth-order valence-corrected chi connectivity index (χ4v) is 5.59. The van der Waals surface area contributed by atoms with E-state index in [4.69, 9.17) is 0 Å². The van der Waals surface area contributed by atoms with E-state index in [1.165, 1.54) is 16.9 Å². The summed E-state index contributed by atoms with van der Waals surface area (Å²) in [6.45, 7) is 2.15. The highest BCUT2D eigenvalue weighted by Gasteiger charge is 2.57. The Labute approximate surface area is 146 Å². The van der Waals surface area contributed by atoms with Gasteiger partial charge in [-0.2, -0.15) is 0 Å². The molecule has 3 atom stereocenters. The molecule has 126 valence electrons. The van der Waals surface area contributed by atoms with Gasteiger partial charge in [0.1, 0.15) is 0 Å². The van der Waals surface area contributed by atoms with Crippen LogP contribution in [0.25, 0.3) is 0 Å². The Kier molecular flexibility index (Phi) is 3.97. The number of hydrogen-bond acceptors (Lipinski definition) is 3. The van der Waals surface area contributed by atoms with E-state index >= 15 is 0 Å². The summed E-state index contributed by atoms with van der Waals surface area (Å²) in [6.07, 6.45) is 3.84. The van der Waals surface area contributed by atoms with E-state index in [-0.39, 0.29) is 30.0 Å². The summed E-state index contributed by atoms with van der Waals surface area (Å²) in [7, 11) is 0. The summed E-state index contributed by atoms with van der Waals surface area (Å²) in [4.78, 5) is 16.1. The highest BCUT2D eigenvalue weighted by atomic mass is 32.1. The molecular formula is C20H23NO2S. The first kappa shape index (κ1) is 15.9.